The normalized spacial score (nSPS) is 23.1. The number of nitrogens with two attached hydrogens (primary N) is 1. The van der Waals surface area contributed by atoms with Crippen molar-refractivity contribution in [3.05, 3.63) is 34.3 Å². The van der Waals surface area contributed by atoms with Gasteiger partial charge in [-0.1, -0.05) is 17.7 Å². The lowest BCUT2D eigenvalue weighted by atomic mass is 10.1. The van der Waals surface area contributed by atoms with Crippen LogP contribution in [0, 0.1) is 0 Å². The van der Waals surface area contributed by atoms with E-state index in [4.69, 9.17) is 17.3 Å². The Balaban J connectivity index is 1.54. The molecular formula is C15H20ClN3O. The molecule has 1 amide bonds. The maximum absolute atomic E-state index is 11.1. The minimum Gasteiger partial charge on any atom is -0.366 e. The number of carbonyl (C=O) groups is 1. The lowest BCUT2D eigenvalue weighted by Crippen LogP contribution is -2.33. The van der Waals surface area contributed by atoms with Gasteiger partial charge in [0.25, 0.3) is 0 Å². The Labute approximate surface area is 124 Å². The summed E-state index contributed by atoms with van der Waals surface area (Å²) in [6.07, 6.45) is 3.94. The summed E-state index contributed by atoms with van der Waals surface area (Å²) in [5.41, 5.74) is 6.71. The average Bonchev–Trinajstić information content (AvgIpc) is 3.17. The van der Waals surface area contributed by atoms with Crippen molar-refractivity contribution in [1.29, 1.82) is 0 Å². The molecule has 0 spiro atoms. The second-order valence-electron chi connectivity index (χ2n) is 5.76. The average molecular weight is 294 g/mol. The van der Waals surface area contributed by atoms with Crippen molar-refractivity contribution in [2.75, 3.05) is 13.1 Å². The van der Waals surface area contributed by atoms with Gasteiger partial charge in [0.1, 0.15) is 0 Å². The Bertz CT molecular complexity index is 516. The molecule has 1 aliphatic heterocycles. The Morgan fingerprint density at radius 2 is 2.20 bits per heavy atom. The van der Waals surface area contributed by atoms with Crippen LogP contribution < -0.4 is 11.1 Å². The number of carbonyl (C=O) groups excluding carboxylic acids is 1. The summed E-state index contributed by atoms with van der Waals surface area (Å²) in [6, 6.07) is 6.65. The van der Waals surface area contributed by atoms with E-state index in [1.165, 1.54) is 25.8 Å². The standard InChI is InChI=1S/C15H20ClN3O/c16-14-7-10(15(17)20)1-2-11(14)8-18-12-5-6-19(9-12)13-3-4-13/h1-2,7,12-13,18H,3-6,8-9H2,(H2,17,20). The van der Waals surface area contributed by atoms with Crippen molar-refractivity contribution < 1.29 is 4.79 Å². The zero-order valence-corrected chi connectivity index (χ0v) is 12.2. The SMILES string of the molecule is NC(=O)c1ccc(CNC2CCN(C3CC3)C2)c(Cl)c1. The number of rotatable bonds is 5. The van der Waals surface area contributed by atoms with Gasteiger partial charge in [-0.2, -0.15) is 0 Å². The zero-order valence-electron chi connectivity index (χ0n) is 11.4. The lowest BCUT2D eigenvalue weighted by molar-refractivity contribution is 0.100. The number of nitrogens with one attached hydrogen (secondary N) is 1. The molecule has 2 fully saturated rings. The fourth-order valence-electron chi connectivity index (χ4n) is 2.82. The maximum atomic E-state index is 11.1. The van der Waals surface area contributed by atoms with E-state index in [9.17, 15) is 4.79 Å². The van der Waals surface area contributed by atoms with E-state index in [-0.39, 0.29) is 0 Å². The molecule has 5 heteroatoms. The third kappa shape index (κ3) is 3.14. The molecule has 1 unspecified atom stereocenters. The van der Waals surface area contributed by atoms with Crippen LogP contribution in [0.15, 0.2) is 18.2 Å². The van der Waals surface area contributed by atoms with E-state index in [0.29, 0.717) is 16.6 Å². The first kappa shape index (κ1) is 13.9. The molecule has 1 saturated heterocycles. The summed E-state index contributed by atoms with van der Waals surface area (Å²) >= 11 is 6.19. The summed E-state index contributed by atoms with van der Waals surface area (Å²) in [5, 5.41) is 4.16. The van der Waals surface area contributed by atoms with Crippen LogP contribution in [-0.2, 0) is 6.54 Å². The molecule has 20 heavy (non-hydrogen) atoms. The first-order chi connectivity index (χ1) is 9.63. The number of benzene rings is 1. The molecule has 3 rings (SSSR count). The molecule has 1 aromatic rings. The smallest absolute Gasteiger partial charge is 0.248 e. The molecule has 4 nitrogen and oxygen atoms in total. The highest BCUT2D eigenvalue weighted by Gasteiger charge is 2.34. The van der Waals surface area contributed by atoms with Gasteiger partial charge in [0.05, 0.1) is 0 Å². The summed E-state index contributed by atoms with van der Waals surface area (Å²) in [6.45, 7) is 3.08. The van der Waals surface area contributed by atoms with Crippen molar-refractivity contribution in [2.24, 2.45) is 5.73 Å². The molecule has 0 bridgehead atoms. The molecular weight excluding hydrogens is 274 g/mol. The van der Waals surface area contributed by atoms with Crippen LogP contribution in [-0.4, -0.2) is 36.0 Å². The van der Waals surface area contributed by atoms with Gasteiger partial charge in [-0.15, -0.1) is 0 Å². The van der Waals surface area contributed by atoms with E-state index in [2.05, 4.69) is 10.2 Å². The molecule has 1 aliphatic carbocycles. The van der Waals surface area contributed by atoms with Crippen LogP contribution in [0.4, 0.5) is 0 Å². The number of amides is 1. The van der Waals surface area contributed by atoms with Crippen molar-refractivity contribution in [3.8, 4) is 0 Å². The van der Waals surface area contributed by atoms with Gasteiger partial charge in [0.2, 0.25) is 5.91 Å². The molecule has 1 saturated carbocycles. The number of hydrogen-bond acceptors (Lipinski definition) is 3. The number of hydrogen-bond donors (Lipinski definition) is 2. The van der Waals surface area contributed by atoms with Crippen LogP contribution in [0.1, 0.15) is 35.2 Å². The monoisotopic (exact) mass is 293 g/mol. The van der Waals surface area contributed by atoms with Crippen molar-refractivity contribution in [2.45, 2.75) is 37.9 Å². The van der Waals surface area contributed by atoms with Gasteiger partial charge >= 0.3 is 0 Å². The Morgan fingerprint density at radius 3 is 2.85 bits per heavy atom. The largest absolute Gasteiger partial charge is 0.366 e. The number of nitrogens with zero attached hydrogens (tertiary/aromatic N) is 1. The Hall–Kier alpha value is -1.10. The molecule has 1 atom stereocenters. The lowest BCUT2D eigenvalue weighted by Gasteiger charge is -2.16. The number of likely N-dealkylation sites (tertiary alicyclic amines) is 1. The van der Waals surface area contributed by atoms with E-state index in [1.54, 1.807) is 12.1 Å². The van der Waals surface area contributed by atoms with Gasteiger partial charge in [0.15, 0.2) is 0 Å². The molecule has 1 heterocycles. The molecule has 108 valence electrons. The minimum absolute atomic E-state index is 0.442. The molecule has 1 aromatic carbocycles. The van der Waals surface area contributed by atoms with Crippen molar-refractivity contribution >= 4 is 17.5 Å². The third-order valence-electron chi connectivity index (χ3n) is 4.20. The fourth-order valence-corrected chi connectivity index (χ4v) is 3.07. The van der Waals surface area contributed by atoms with Crippen LogP contribution in [0.25, 0.3) is 0 Å². The first-order valence-corrected chi connectivity index (χ1v) is 7.57. The van der Waals surface area contributed by atoms with Gasteiger partial charge in [-0.3, -0.25) is 9.69 Å². The van der Waals surface area contributed by atoms with E-state index < -0.39 is 5.91 Å². The fraction of sp³-hybridized carbons (Fsp3) is 0.533. The van der Waals surface area contributed by atoms with Gasteiger partial charge in [-0.05, 0) is 37.0 Å². The number of halogens is 1. The quantitative estimate of drug-likeness (QED) is 0.870. The van der Waals surface area contributed by atoms with E-state index in [1.807, 2.05) is 6.07 Å². The van der Waals surface area contributed by atoms with Crippen molar-refractivity contribution in [1.82, 2.24) is 10.2 Å². The van der Waals surface area contributed by atoms with Crippen molar-refractivity contribution in [3.63, 3.8) is 0 Å². The van der Waals surface area contributed by atoms with Gasteiger partial charge < -0.3 is 11.1 Å². The second-order valence-corrected chi connectivity index (χ2v) is 6.17. The summed E-state index contributed by atoms with van der Waals surface area (Å²) in [4.78, 5) is 13.7. The minimum atomic E-state index is -0.442. The Kier molecular flexibility index (Phi) is 3.96. The van der Waals surface area contributed by atoms with Crippen LogP contribution >= 0.6 is 11.6 Å². The second kappa shape index (κ2) is 5.72. The highest BCUT2D eigenvalue weighted by atomic mass is 35.5. The van der Waals surface area contributed by atoms with Gasteiger partial charge in [0, 0.05) is 42.3 Å². The zero-order chi connectivity index (χ0) is 14.1. The highest BCUT2D eigenvalue weighted by Crippen LogP contribution is 2.30. The first-order valence-electron chi connectivity index (χ1n) is 7.19. The van der Waals surface area contributed by atoms with Crippen LogP contribution in [0.3, 0.4) is 0 Å². The van der Waals surface area contributed by atoms with E-state index in [0.717, 1.165) is 24.7 Å². The topological polar surface area (TPSA) is 58.4 Å². The van der Waals surface area contributed by atoms with Crippen LogP contribution in [0.5, 0.6) is 0 Å². The molecule has 2 aliphatic rings. The highest BCUT2D eigenvalue weighted by molar-refractivity contribution is 6.31. The maximum Gasteiger partial charge on any atom is 0.248 e. The van der Waals surface area contributed by atoms with E-state index >= 15 is 0 Å². The Morgan fingerprint density at radius 1 is 1.40 bits per heavy atom. The summed E-state index contributed by atoms with van der Waals surface area (Å²) < 4.78 is 0. The predicted molar refractivity (Wildman–Crippen MR) is 79.8 cm³/mol. The van der Waals surface area contributed by atoms with Crippen LogP contribution in [0.2, 0.25) is 5.02 Å². The predicted octanol–water partition coefficient (Wildman–Crippen LogP) is 1.77. The summed E-state index contributed by atoms with van der Waals surface area (Å²) in [5.74, 6) is -0.442. The van der Waals surface area contributed by atoms with Gasteiger partial charge in [-0.25, -0.2) is 0 Å². The third-order valence-corrected chi connectivity index (χ3v) is 4.55. The summed E-state index contributed by atoms with van der Waals surface area (Å²) in [7, 11) is 0. The molecule has 0 aromatic heterocycles. The molecule has 0 radical (unpaired) electrons. The molecule has 3 N–H and O–H groups in total. The number of primary amides is 1.